The van der Waals surface area contributed by atoms with E-state index in [1.54, 1.807) is 0 Å². The average molecular weight is 167 g/mol. The van der Waals surface area contributed by atoms with Gasteiger partial charge in [-0.3, -0.25) is 0 Å². The van der Waals surface area contributed by atoms with E-state index in [0.29, 0.717) is 11.8 Å². The van der Waals surface area contributed by atoms with Crippen molar-refractivity contribution in [3.05, 3.63) is 0 Å². The summed E-state index contributed by atoms with van der Waals surface area (Å²) in [5, 5.41) is 8.76. The van der Waals surface area contributed by atoms with Gasteiger partial charge in [-0.25, -0.2) is 0 Å². The first kappa shape index (κ1) is 6.93. The molecule has 0 aliphatic heterocycles. The maximum Gasteiger partial charge on any atom is 0.391 e. The third-order valence-electron chi connectivity index (χ3n) is 4.05. The van der Waals surface area contributed by atoms with Crippen LogP contribution >= 0.6 is 0 Å². The molecule has 0 radical (unpaired) electrons. The van der Waals surface area contributed by atoms with Crippen LogP contribution in [-0.2, 0) is 4.58 Å². The van der Waals surface area contributed by atoms with Crippen LogP contribution in [-0.4, -0.2) is 11.0 Å². The Bertz CT molecular complexity index is 202. The van der Waals surface area contributed by atoms with Crippen LogP contribution in [0.4, 0.5) is 0 Å². The molecular weight excluding hydrogens is 152 g/mol. The molecule has 4 bridgehead atoms. The summed E-state index contributed by atoms with van der Waals surface area (Å²) in [6, 6.07) is 0. The van der Waals surface area contributed by atoms with Gasteiger partial charge in [-0.1, -0.05) is 0 Å². The summed E-state index contributed by atoms with van der Waals surface area (Å²) in [5.41, 5.74) is 0. The number of rotatable bonds is 0. The molecule has 0 unspecified atom stereocenters. The minimum absolute atomic E-state index is 0.603. The minimum atomic E-state index is 0.603. The van der Waals surface area contributed by atoms with Gasteiger partial charge in [-0.05, 0) is 43.9 Å². The van der Waals surface area contributed by atoms with Crippen LogP contribution in [0.3, 0.4) is 0 Å². The molecule has 0 atom stereocenters. The Morgan fingerprint density at radius 2 is 1.42 bits per heavy atom. The van der Waals surface area contributed by atoms with Crippen molar-refractivity contribution in [1.29, 1.82) is 0 Å². The monoisotopic (exact) mass is 167 g/mol. The molecule has 2 heteroatoms. The van der Waals surface area contributed by atoms with Gasteiger partial charge in [-0.2, -0.15) is 5.26 Å². The van der Waals surface area contributed by atoms with E-state index in [-0.39, 0.29) is 0 Å². The van der Waals surface area contributed by atoms with Crippen LogP contribution in [0.15, 0.2) is 0 Å². The van der Waals surface area contributed by atoms with Gasteiger partial charge < -0.3 is 0 Å². The highest BCUT2D eigenvalue weighted by atomic mass is 17.1. The zero-order valence-electron chi connectivity index (χ0n) is 7.20. The highest BCUT2D eigenvalue weighted by Crippen LogP contribution is 2.51. The first-order chi connectivity index (χ1) is 5.86. The normalized spacial score (nSPS) is 49.8. The summed E-state index contributed by atoms with van der Waals surface area (Å²) < 4.78 is 4.54. The SMILES string of the molecule is O[O+]=C1C2CC3CC(C2)CC1C3. The Morgan fingerprint density at radius 1 is 0.917 bits per heavy atom. The van der Waals surface area contributed by atoms with E-state index in [1.807, 2.05) is 0 Å². The highest BCUT2D eigenvalue weighted by molar-refractivity contribution is 5.85. The van der Waals surface area contributed by atoms with Gasteiger partial charge in [-0.15, -0.1) is 0 Å². The highest BCUT2D eigenvalue weighted by Gasteiger charge is 2.53. The van der Waals surface area contributed by atoms with E-state index in [0.717, 1.165) is 17.6 Å². The van der Waals surface area contributed by atoms with E-state index in [2.05, 4.69) is 4.58 Å². The first-order valence-corrected chi connectivity index (χ1v) is 5.05. The maximum absolute atomic E-state index is 8.76. The van der Waals surface area contributed by atoms with Gasteiger partial charge in [0.2, 0.25) is 0 Å². The van der Waals surface area contributed by atoms with Gasteiger partial charge in [0.25, 0.3) is 0 Å². The molecule has 0 aromatic carbocycles. The third-order valence-corrected chi connectivity index (χ3v) is 4.05. The molecule has 0 amide bonds. The molecule has 4 fully saturated rings. The molecule has 0 saturated heterocycles. The summed E-state index contributed by atoms with van der Waals surface area (Å²) in [7, 11) is 0. The standard InChI is InChI=1S/C10H15O2/c11-12-10-8-2-6-1-7(4-8)5-9(10)3-6/h6-9,11H,1-5H2/q+1. The molecule has 12 heavy (non-hydrogen) atoms. The smallest absolute Gasteiger partial charge is 0.152 e. The number of hydrogen-bond acceptors (Lipinski definition) is 1. The van der Waals surface area contributed by atoms with Crippen LogP contribution in [0.1, 0.15) is 32.1 Å². The Balaban J connectivity index is 1.95. The Labute approximate surface area is 72.2 Å². The summed E-state index contributed by atoms with van der Waals surface area (Å²) in [4.78, 5) is 0. The molecule has 0 aromatic rings. The molecule has 0 aromatic heterocycles. The van der Waals surface area contributed by atoms with Crippen molar-refractivity contribution in [2.75, 3.05) is 0 Å². The third kappa shape index (κ3) is 0.782. The lowest BCUT2D eigenvalue weighted by Gasteiger charge is -2.44. The number of ketones is 1. The second kappa shape index (κ2) is 2.24. The molecule has 4 rings (SSSR count). The molecule has 4 aliphatic rings. The molecule has 2 nitrogen and oxygen atoms in total. The summed E-state index contributed by atoms with van der Waals surface area (Å²) in [6.07, 6.45) is 6.57. The fraction of sp³-hybridized carbons (Fsp3) is 0.900. The number of hydrogen-bond donors (Lipinski definition) is 1. The van der Waals surface area contributed by atoms with Crippen LogP contribution in [0, 0.1) is 23.7 Å². The van der Waals surface area contributed by atoms with Crippen molar-refractivity contribution in [2.45, 2.75) is 32.1 Å². The largest absolute Gasteiger partial charge is 0.391 e. The lowest BCUT2D eigenvalue weighted by molar-refractivity contribution is -0.741. The Morgan fingerprint density at radius 3 is 1.83 bits per heavy atom. The van der Waals surface area contributed by atoms with Crippen molar-refractivity contribution >= 4 is 5.78 Å². The predicted molar refractivity (Wildman–Crippen MR) is 44.7 cm³/mol. The zero-order chi connectivity index (χ0) is 8.13. The summed E-state index contributed by atoms with van der Waals surface area (Å²) >= 11 is 0. The van der Waals surface area contributed by atoms with E-state index in [4.69, 9.17) is 5.26 Å². The fourth-order valence-electron chi connectivity index (χ4n) is 3.80. The second-order valence-electron chi connectivity index (χ2n) is 4.80. The van der Waals surface area contributed by atoms with Crippen molar-refractivity contribution < 1.29 is 9.83 Å². The maximum atomic E-state index is 8.76. The summed E-state index contributed by atoms with van der Waals surface area (Å²) in [6.45, 7) is 0. The van der Waals surface area contributed by atoms with Crippen LogP contribution in [0.2, 0.25) is 0 Å². The van der Waals surface area contributed by atoms with Crippen molar-refractivity contribution in [3.8, 4) is 0 Å². The van der Waals surface area contributed by atoms with Crippen LogP contribution < -0.4 is 0 Å². The van der Waals surface area contributed by atoms with Gasteiger partial charge in [0, 0.05) is 4.58 Å². The van der Waals surface area contributed by atoms with Gasteiger partial charge in [0.05, 0.1) is 11.8 Å². The molecular formula is C10H15O2+. The lowest BCUT2D eigenvalue weighted by Crippen LogP contribution is -2.46. The van der Waals surface area contributed by atoms with Gasteiger partial charge in [0.15, 0.2) is 0 Å². The lowest BCUT2D eigenvalue weighted by atomic mass is 9.56. The van der Waals surface area contributed by atoms with Gasteiger partial charge >= 0.3 is 5.78 Å². The molecule has 1 N–H and O–H groups in total. The molecule has 66 valence electrons. The topological polar surface area (TPSA) is 31.5 Å². The van der Waals surface area contributed by atoms with Gasteiger partial charge in [0.1, 0.15) is 0 Å². The second-order valence-corrected chi connectivity index (χ2v) is 4.80. The minimum Gasteiger partial charge on any atom is -0.152 e. The van der Waals surface area contributed by atoms with E-state index < -0.39 is 0 Å². The molecule has 4 saturated carbocycles. The summed E-state index contributed by atoms with van der Waals surface area (Å²) in [5.74, 6) is 4.12. The first-order valence-electron chi connectivity index (χ1n) is 5.05. The van der Waals surface area contributed by atoms with E-state index in [1.165, 1.54) is 32.1 Å². The Hall–Kier alpha value is -0.530. The van der Waals surface area contributed by atoms with Crippen molar-refractivity contribution in [2.24, 2.45) is 23.7 Å². The van der Waals surface area contributed by atoms with E-state index >= 15 is 0 Å². The zero-order valence-corrected chi connectivity index (χ0v) is 7.20. The average Bonchev–Trinajstić information content (AvgIpc) is 2.02. The molecule has 4 aliphatic carbocycles. The quantitative estimate of drug-likeness (QED) is 0.334. The molecule has 0 heterocycles. The predicted octanol–water partition coefficient (Wildman–Crippen LogP) is 2.02. The Kier molecular flexibility index (Phi) is 1.29. The van der Waals surface area contributed by atoms with Crippen LogP contribution in [0.5, 0.6) is 0 Å². The molecule has 0 spiro atoms. The van der Waals surface area contributed by atoms with E-state index in [9.17, 15) is 0 Å². The fourth-order valence-corrected chi connectivity index (χ4v) is 3.80. The number of carbonyl (C=O) groups excluding carboxylic acids is 1. The van der Waals surface area contributed by atoms with Crippen molar-refractivity contribution in [1.82, 2.24) is 0 Å². The van der Waals surface area contributed by atoms with Crippen LogP contribution in [0.25, 0.3) is 0 Å². The van der Waals surface area contributed by atoms with Crippen molar-refractivity contribution in [3.63, 3.8) is 0 Å².